The number of nitrogens with zero attached hydrogens (tertiary/aromatic N) is 1. The molecule has 0 unspecified atom stereocenters. The highest BCUT2D eigenvalue weighted by molar-refractivity contribution is 5.96. The molecule has 0 saturated heterocycles. The molecular formula is C10H12N2O4. The second-order valence-electron chi connectivity index (χ2n) is 2.81. The van der Waals surface area contributed by atoms with E-state index in [0.717, 1.165) is 0 Å². The first-order valence-electron chi connectivity index (χ1n) is 4.53. The molecule has 1 rings (SSSR count). The number of nitrogens with one attached hydrogen (secondary N) is 1. The molecule has 0 bridgehead atoms. The van der Waals surface area contributed by atoms with Crippen molar-refractivity contribution in [3.05, 3.63) is 24.0 Å². The van der Waals surface area contributed by atoms with Gasteiger partial charge in [-0.2, -0.15) is 0 Å². The number of amides is 1. The van der Waals surface area contributed by atoms with Crippen LogP contribution in [0.5, 0.6) is 5.75 Å². The fourth-order valence-corrected chi connectivity index (χ4v) is 1.03. The van der Waals surface area contributed by atoms with Crippen molar-refractivity contribution in [2.45, 2.75) is 0 Å². The topological polar surface area (TPSA) is 77.5 Å². The summed E-state index contributed by atoms with van der Waals surface area (Å²) in [7, 11) is 2.68. The summed E-state index contributed by atoms with van der Waals surface area (Å²) in [5, 5.41) is 2.37. The molecule has 0 aliphatic heterocycles. The van der Waals surface area contributed by atoms with E-state index in [9.17, 15) is 9.59 Å². The monoisotopic (exact) mass is 224 g/mol. The molecule has 0 saturated carbocycles. The molecule has 0 aromatic carbocycles. The second kappa shape index (κ2) is 5.69. The van der Waals surface area contributed by atoms with Crippen molar-refractivity contribution in [1.29, 1.82) is 0 Å². The summed E-state index contributed by atoms with van der Waals surface area (Å²) in [6.07, 6.45) is 1.47. The van der Waals surface area contributed by atoms with E-state index in [1.807, 2.05) is 0 Å². The van der Waals surface area contributed by atoms with Gasteiger partial charge >= 0.3 is 5.97 Å². The van der Waals surface area contributed by atoms with E-state index < -0.39 is 11.9 Å². The van der Waals surface area contributed by atoms with Gasteiger partial charge in [-0.15, -0.1) is 0 Å². The van der Waals surface area contributed by atoms with Gasteiger partial charge in [0.05, 0.1) is 14.2 Å². The Morgan fingerprint density at radius 3 is 2.81 bits per heavy atom. The highest BCUT2D eigenvalue weighted by Crippen LogP contribution is 2.13. The summed E-state index contributed by atoms with van der Waals surface area (Å²) in [6, 6.07) is 3.26. The number of carbonyl (C=O) groups excluding carboxylic acids is 2. The number of carbonyl (C=O) groups is 2. The van der Waals surface area contributed by atoms with Gasteiger partial charge in [0.2, 0.25) is 0 Å². The Balaban J connectivity index is 2.69. The standard InChI is InChI=1S/C10H12N2O4/c1-15-7-4-3-5-11-9(7)10(14)12-6-8(13)16-2/h3-5H,6H2,1-2H3,(H,12,14). The van der Waals surface area contributed by atoms with E-state index in [-0.39, 0.29) is 12.2 Å². The number of hydrogen-bond donors (Lipinski definition) is 1. The maximum atomic E-state index is 11.6. The Hall–Kier alpha value is -2.11. The van der Waals surface area contributed by atoms with Crippen LogP contribution in [-0.2, 0) is 9.53 Å². The maximum Gasteiger partial charge on any atom is 0.325 e. The van der Waals surface area contributed by atoms with Gasteiger partial charge in [0.15, 0.2) is 5.69 Å². The summed E-state index contributed by atoms with van der Waals surface area (Å²) in [4.78, 5) is 26.3. The SMILES string of the molecule is COC(=O)CNC(=O)c1ncccc1OC. The molecule has 16 heavy (non-hydrogen) atoms. The first-order chi connectivity index (χ1) is 7.69. The Morgan fingerprint density at radius 1 is 1.44 bits per heavy atom. The largest absolute Gasteiger partial charge is 0.494 e. The lowest BCUT2D eigenvalue weighted by Gasteiger charge is -2.06. The molecule has 1 heterocycles. The van der Waals surface area contributed by atoms with Crippen molar-refractivity contribution in [3.63, 3.8) is 0 Å². The molecule has 1 N–H and O–H groups in total. The summed E-state index contributed by atoms with van der Waals surface area (Å²) >= 11 is 0. The van der Waals surface area contributed by atoms with Gasteiger partial charge < -0.3 is 14.8 Å². The van der Waals surface area contributed by atoms with Crippen LogP contribution in [0.15, 0.2) is 18.3 Å². The molecule has 0 spiro atoms. The Labute approximate surface area is 92.6 Å². The lowest BCUT2D eigenvalue weighted by molar-refractivity contribution is -0.139. The van der Waals surface area contributed by atoms with Crippen LogP contribution < -0.4 is 10.1 Å². The van der Waals surface area contributed by atoms with Crippen LogP contribution in [0.2, 0.25) is 0 Å². The van der Waals surface area contributed by atoms with E-state index in [1.165, 1.54) is 20.4 Å². The molecule has 6 nitrogen and oxygen atoms in total. The third-order valence-electron chi connectivity index (χ3n) is 1.83. The van der Waals surface area contributed by atoms with Gasteiger partial charge in [-0.05, 0) is 12.1 Å². The minimum absolute atomic E-state index is 0.133. The summed E-state index contributed by atoms with van der Waals surface area (Å²) in [5.41, 5.74) is 0.133. The lowest BCUT2D eigenvalue weighted by Crippen LogP contribution is -2.30. The van der Waals surface area contributed by atoms with Gasteiger partial charge in [0.1, 0.15) is 12.3 Å². The Bertz CT molecular complexity index is 392. The normalized spacial score (nSPS) is 9.38. The van der Waals surface area contributed by atoms with Crippen LogP contribution >= 0.6 is 0 Å². The Morgan fingerprint density at radius 2 is 2.19 bits per heavy atom. The lowest BCUT2D eigenvalue weighted by atomic mass is 10.3. The van der Waals surface area contributed by atoms with Crippen molar-refractivity contribution in [2.75, 3.05) is 20.8 Å². The zero-order valence-corrected chi connectivity index (χ0v) is 9.02. The number of hydrogen-bond acceptors (Lipinski definition) is 5. The molecule has 0 fully saturated rings. The number of rotatable bonds is 4. The van der Waals surface area contributed by atoms with E-state index in [2.05, 4.69) is 15.0 Å². The average molecular weight is 224 g/mol. The van der Waals surface area contributed by atoms with Crippen LogP contribution in [0.1, 0.15) is 10.5 Å². The van der Waals surface area contributed by atoms with Crippen LogP contribution in [0.25, 0.3) is 0 Å². The Kier molecular flexibility index (Phi) is 4.26. The van der Waals surface area contributed by atoms with Crippen molar-refractivity contribution >= 4 is 11.9 Å². The fraction of sp³-hybridized carbons (Fsp3) is 0.300. The number of methoxy groups -OCH3 is 2. The number of pyridine rings is 1. The highest BCUT2D eigenvalue weighted by atomic mass is 16.5. The van der Waals surface area contributed by atoms with Crippen molar-refractivity contribution in [1.82, 2.24) is 10.3 Å². The summed E-state index contributed by atoms with van der Waals surface area (Å²) in [6.45, 7) is -0.199. The molecule has 1 amide bonds. The third-order valence-corrected chi connectivity index (χ3v) is 1.83. The van der Waals surface area contributed by atoms with Crippen molar-refractivity contribution in [3.8, 4) is 5.75 Å². The quantitative estimate of drug-likeness (QED) is 0.728. The molecule has 86 valence electrons. The molecule has 6 heteroatoms. The minimum atomic E-state index is -0.525. The smallest absolute Gasteiger partial charge is 0.325 e. The minimum Gasteiger partial charge on any atom is -0.494 e. The summed E-state index contributed by atoms with van der Waals surface area (Å²) < 4.78 is 9.35. The first-order valence-corrected chi connectivity index (χ1v) is 4.53. The van der Waals surface area contributed by atoms with E-state index in [1.54, 1.807) is 12.1 Å². The van der Waals surface area contributed by atoms with Crippen molar-refractivity contribution < 1.29 is 19.1 Å². The number of aromatic nitrogens is 1. The molecule has 0 atom stereocenters. The van der Waals surface area contributed by atoms with E-state index in [0.29, 0.717) is 5.75 Å². The van der Waals surface area contributed by atoms with Crippen LogP contribution in [-0.4, -0.2) is 37.6 Å². The molecule has 0 radical (unpaired) electrons. The number of ether oxygens (including phenoxy) is 2. The van der Waals surface area contributed by atoms with Gasteiger partial charge in [-0.25, -0.2) is 4.98 Å². The first kappa shape index (κ1) is 12.0. The van der Waals surface area contributed by atoms with Crippen molar-refractivity contribution in [2.24, 2.45) is 0 Å². The molecular weight excluding hydrogens is 212 g/mol. The summed E-state index contributed by atoms with van der Waals surface area (Å²) in [5.74, 6) is -0.657. The predicted octanol–water partition coefficient (Wildman–Crippen LogP) is -0.00700. The molecule has 1 aromatic rings. The zero-order valence-electron chi connectivity index (χ0n) is 9.02. The van der Waals surface area contributed by atoms with Gasteiger partial charge in [-0.1, -0.05) is 0 Å². The van der Waals surface area contributed by atoms with Crippen LogP contribution in [0.4, 0.5) is 0 Å². The third kappa shape index (κ3) is 2.94. The van der Waals surface area contributed by atoms with Gasteiger partial charge in [0.25, 0.3) is 5.91 Å². The highest BCUT2D eigenvalue weighted by Gasteiger charge is 2.13. The van der Waals surface area contributed by atoms with Crippen LogP contribution in [0.3, 0.4) is 0 Å². The average Bonchev–Trinajstić information content (AvgIpc) is 2.35. The fourth-order valence-electron chi connectivity index (χ4n) is 1.03. The molecule has 0 aliphatic rings. The zero-order chi connectivity index (χ0) is 12.0. The maximum absolute atomic E-state index is 11.6. The second-order valence-corrected chi connectivity index (χ2v) is 2.81. The van der Waals surface area contributed by atoms with E-state index in [4.69, 9.17) is 4.74 Å². The number of esters is 1. The van der Waals surface area contributed by atoms with Gasteiger partial charge in [-0.3, -0.25) is 9.59 Å². The van der Waals surface area contributed by atoms with E-state index >= 15 is 0 Å². The predicted molar refractivity (Wildman–Crippen MR) is 55.1 cm³/mol. The molecule has 0 aliphatic carbocycles. The molecule has 1 aromatic heterocycles. The van der Waals surface area contributed by atoms with Crippen LogP contribution in [0, 0.1) is 0 Å². The van der Waals surface area contributed by atoms with Gasteiger partial charge in [0, 0.05) is 6.20 Å².